The lowest BCUT2D eigenvalue weighted by atomic mass is 10.1. The largest absolute Gasteiger partial charge is 0.464 e. The van der Waals surface area contributed by atoms with Gasteiger partial charge in [0.2, 0.25) is 0 Å². The zero-order chi connectivity index (χ0) is 15.6. The molecule has 23 heavy (non-hydrogen) atoms. The Balaban J connectivity index is 1.37. The lowest BCUT2D eigenvalue weighted by Gasteiger charge is -2.11. The van der Waals surface area contributed by atoms with Crippen molar-refractivity contribution in [3.8, 4) is 0 Å². The highest BCUT2D eigenvalue weighted by atomic mass is 16.3. The van der Waals surface area contributed by atoms with Crippen LogP contribution >= 0.6 is 0 Å². The monoisotopic (exact) mass is 310 g/mol. The van der Waals surface area contributed by atoms with E-state index in [0.29, 0.717) is 12.4 Å². The van der Waals surface area contributed by atoms with Crippen molar-refractivity contribution in [1.82, 2.24) is 15.1 Å². The molecule has 2 N–H and O–H groups in total. The van der Waals surface area contributed by atoms with E-state index in [1.54, 1.807) is 6.26 Å². The van der Waals surface area contributed by atoms with Crippen molar-refractivity contribution in [3.63, 3.8) is 0 Å². The predicted molar refractivity (Wildman–Crippen MR) is 87.2 cm³/mol. The second-order valence-corrected chi connectivity index (χ2v) is 5.80. The summed E-state index contributed by atoms with van der Waals surface area (Å²) in [6, 6.07) is 9.49. The second kappa shape index (κ2) is 5.79. The summed E-state index contributed by atoms with van der Waals surface area (Å²) in [5.74, 6) is 0.615. The summed E-state index contributed by atoms with van der Waals surface area (Å²) in [6.07, 6.45) is 5.03. The van der Waals surface area contributed by atoms with Gasteiger partial charge in [-0.3, -0.25) is 10.00 Å². The van der Waals surface area contributed by atoms with Gasteiger partial charge in [-0.1, -0.05) is 6.07 Å². The third-order valence-corrected chi connectivity index (χ3v) is 4.13. The zero-order valence-corrected chi connectivity index (χ0v) is 12.7. The number of fused-ring (bicyclic) bond motifs is 2. The summed E-state index contributed by atoms with van der Waals surface area (Å²) in [4.78, 5) is 12.0. The van der Waals surface area contributed by atoms with Gasteiger partial charge < -0.3 is 9.73 Å². The number of hydrogen-bond acceptors (Lipinski definition) is 3. The van der Waals surface area contributed by atoms with Crippen LogP contribution in [0.3, 0.4) is 0 Å². The van der Waals surface area contributed by atoms with E-state index in [1.165, 1.54) is 12.1 Å². The van der Waals surface area contributed by atoms with Gasteiger partial charge in [-0.05, 0) is 43.0 Å². The molecule has 4 rings (SSSR count). The number of aromatic nitrogens is 2. The van der Waals surface area contributed by atoms with Crippen molar-refractivity contribution in [2.45, 2.75) is 32.4 Å². The minimum Gasteiger partial charge on any atom is -0.464 e. The summed E-state index contributed by atoms with van der Waals surface area (Å²) in [5, 5.41) is 11.1. The second-order valence-electron chi connectivity index (χ2n) is 5.80. The molecule has 0 unspecified atom stereocenters. The van der Waals surface area contributed by atoms with Crippen LogP contribution in [0.25, 0.3) is 11.0 Å². The first kappa shape index (κ1) is 13.9. The Morgan fingerprint density at radius 3 is 3.13 bits per heavy atom. The molecule has 0 radical (unpaired) electrons. The smallest absolute Gasteiger partial charge is 0.320 e. The van der Waals surface area contributed by atoms with E-state index in [-0.39, 0.29) is 6.03 Å². The van der Waals surface area contributed by atoms with E-state index in [0.717, 1.165) is 35.9 Å². The molecule has 6 nitrogen and oxygen atoms in total. The number of hydrogen-bond donors (Lipinski definition) is 2. The Hall–Kier alpha value is -2.76. The first-order chi connectivity index (χ1) is 11.3. The fourth-order valence-corrected chi connectivity index (χ4v) is 2.95. The standard InChI is InChI=1S/C17H18N4O2/c22-17(19-16-10-14-3-1-2-7-21(14)20-16)18-11-12-4-5-15-13(9-12)6-8-23-15/h4-6,8-10H,1-3,7,11H2,(H2,18,19,20,22). The molecule has 3 heterocycles. The van der Waals surface area contributed by atoms with Crippen molar-refractivity contribution in [2.24, 2.45) is 0 Å². The highest BCUT2D eigenvalue weighted by molar-refractivity contribution is 5.88. The highest BCUT2D eigenvalue weighted by Crippen LogP contribution is 2.18. The summed E-state index contributed by atoms with van der Waals surface area (Å²) in [7, 11) is 0. The number of benzene rings is 1. The number of carbonyl (C=O) groups is 1. The number of rotatable bonds is 3. The Labute approximate surface area is 133 Å². The quantitative estimate of drug-likeness (QED) is 0.779. The van der Waals surface area contributed by atoms with Crippen LogP contribution in [0, 0.1) is 0 Å². The van der Waals surface area contributed by atoms with Crippen LogP contribution in [-0.4, -0.2) is 15.8 Å². The molecule has 1 aliphatic rings. The fraction of sp³-hybridized carbons (Fsp3) is 0.294. The van der Waals surface area contributed by atoms with E-state index < -0.39 is 0 Å². The molecule has 118 valence electrons. The summed E-state index contributed by atoms with van der Waals surface area (Å²) in [6.45, 7) is 1.39. The van der Waals surface area contributed by atoms with E-state index in [2.05, 4.69) is 15.7 Å². The van der Waals surface area contributed by atoms with Crippen LogP contribution in [0.4, 0.5) is 10.6 Å². The van der Waals surface area contributed by atoms with E-state index >= 15 is 0 Å². The molecule has 2 aromatic heterocycles. The van der Waals surface area contributed by atoms with Gasteiger partial charge in [-0.15, -0.1) is 0 Å². The van der Waals surface area contributed by atoms with Gasteiger partial charge in [0.1, 0.15) is 5.58 Å². The van der Waals surface area contributed by atoms with Crippen LogP contribution < -0.4 is 10.6 Å². The molecule has 3 aromatic rings. The molecule has 0 atom stereocenters. The number of anilines is 1. The Morgan fingerprint density at radius 2 is 2.22 bits per heavy atom. The van der Waals surface area contributed by atoms with Gasteiger partial charge in [0.25, 0.3) is 0 Å². The number of furan rings is 1. The zero-order valence-electron chi connectivity index (χ0n) is 12.7. The third-order valence-electron chi connectivity index (χ3n) is 4.13. The molecule has 0 fully saturated rings. The lowest BCUT2D eigenvalue weighted by Crippen LogP contribution is -2.28. The molecule has 1 aliphatic heterocycles. The van der Waals surface area contributed by atoms with Crippen LogP contribution in [-0.2, 0) is 19.5 Å². The average molecular weight is 310 g/mol. The van der Waals surface area contributed by atoms with Gasteiger partial charge >= 0.3 is 6.03 Å². The van der Waals surface area contributed by atoms with Crippen LogP contribution in [0.15, 0.2) is 41.0 Å². The predicted octanol–water partition coefficient (Wildman–Crippen LogP) is 3.29. The molecule has 6 heteroatoms. The van der Waals surface area contributed by atoms with Gasteiger partial charge in [0.05, 0.1) is 6.26 Å². The minimum atomic E-state index is -0.243. The topological polar surface area (TPSA) is 72.1 Å². The van der Waals surface area contributed by atoms with Crippen molar-refractivity contribution in [3.05, 3.63) is 47.9 Å². The summed E-state index contributed by atoms with van der Waals surface area (Å²) >= 11 is 0. The van der Waals surface area contributed by atoms with E-state index in [9.17, 15) is 4.79 Å². The maximum absolute atomic E-state index is 12.0. The number of aryl methyl sites for hydroxylation is 2. The van der Waals surface area contributed by atoms with Crippen molar-refractivity contribution in [1.29, 1.82) is 0 Å². The molecule has 0 bridgehead atoms. The van der Waals surface area contributed by atoms with Crippen LogP contribution in [0.5, 0.6) is 0 Å². The van der Waals surface area contributed by atoms with Crippen molar-refractivity contribution < 1.29 is 9.21 Å². The molecule has 0 aliphatic carbocycles. The van der Waals surface area contributed by atoms with Gasteiger partial charge in [0, 0.05) is 30.2 Å². The molecule has 2 amide bonds. The molecule has 0 spiro atoms. The summed E-state index contributed by atoms with van der Waals surface area (Å²) in [5.41, 5.74) is 3.07. The summed E-state index contributed by atoms with van der Waals surface area (Å²) < 4.78 is 7.29. The maximum atomic E-state index is 12.0. The highest BCUT2D eigenvalue weighted by Gasteiger charge is 2.13. The normalized spacial score (nSPS) is 13.7. The Bertz CT molecular complexity index is 826. The van der Waals surface area contributed by atoms with Crippen LogP contribution in [0.1, 0.15) is 24.1 Å². The lowest BCUT2D eigenvalue weighted by molar-refractivity contribution is 0.251. The van der Waals surface area contributed by atoms with E-state index in [4.69, 9.17) is 4.42 Å². The number of nitrogens with zero attached hydrogens (tertiary/aromatic N) is 2. The van der Waals surface area contributed by atoms with Crippen molar-refractivity contribution >= 4 is 22.8 Å². The molecular weight excluding hydrogens is 292 g/mol. The van der Waals surface area contributed by atoms with Gasteiger partial charge in [-0.2, -0.15) is 5.10 Å². The minimum absolute atomic E-state index is 0.243. The number of urea groups is 1. The molecular formula is C17H18N4O2. The van der Waals surface area contributed by atoms with Gasteiger partial charge in [-0.25, -0.2) is 4.79 Å². The third kappa shape index (κ3) is 2.92. The Kier molecular flexibility index (Phi) is 3.49. The SMILES string of the molecule is O=C(NCc1ccc2occc2c1)Nc1cc2n(n1)CCCC2. The average Bonchev–Trinajstić information content (AvgIpc) is 3.18. The molecule has 0 saturated heterocycles. The first-order valence-electron chi connectivity index (χ1n) is 7.86. The number of nitrogens with one attached hydrogen (secondary N) is 2. The number of carbonyl (C=O) groups excluding carboxylic acids is 1. The van der Waals surface area contributed by atoms with E-state index in [1.807, 2.05) is 35.0 Å². The Morgan fingerprint density at radius 1 is 1.26 bits per heavy atom. The molecule has 1 aromatic carbocycles. The molecule has 0 saturated carbocycles. The first-order valence-corrected chi connectivity index (χ1v) is 7.86. The maximum Gasteiger partial charge on any atom is 0.320 e. The number of amides is 2. The van der Waals surface area contributed by atoms with Crippen LogP contribution in [0.2, 0.25) is 0 Å². The fourth-order valence-electron chi connectivity index (χ4n) is 2.95. The van der Waals surface area contributed by atoms with Crippen molar-refractivity contribution in [2.75, 3.05) is 5.32 Å². The van der Waals surface area contributed by atoms with Gasteiger partial charge in [0.15, 0.2) is 5.82 Å².